The van der Waals surface area contributed by atoms with E-state index in [1.54, 1.807) is 0 Å². The minimum atomic E-state index is 0.246. The van der Waals surface area contributed by atoms with Crippen molar-refractivity contribution in [2.45, 2.75) is 72.1 Å². The van der Waals surface area contributed by atoms with Gasteiger partial charge in [-0.25, -0.2) is 0 Å². The lowest BCUT2D eigenvalue weighted by Gasteiger charge is -2.59. The van der Waals surface area contributed by atoms with Gasteiger partial charge < -0.3 is 0 Å². The maximum atomic E-state index is 12.2. The summed E-state index contributed by atoms with van der Waals surface area (Å²) in [5.74, 6) is 3.54. The molecule has 0 aliphatic heterocycles. The van der Waals surface area contributed by atoms with E-state index in [2.05, 4.69) is 25.1 Å². The van der Waals surface area contributed by atoms with Gasteiger partial charge in [-0.2, -0.15) is 0 Å². The molecule has 0 radical (unpaired) electrons. The average Bonchev–Trinajstić information content (AvgIpc) is 2.91. The largest absolute Gasteiger partial charge is 0.300 e. The van der Waals surface area contributed by atoms with Crippen LogP contribution in [-0.4, -0.2) is 5.78 Å². The van der Waals surface area contributed by atoms with Crippen molar-refractivity contribution in [3.05, 3.63) is 16.7 Å². The van der Waals surface area contributed by atoms with Crippen molar-refractivity contribution in [2.24, 2.45) is 45.6 Å². The summed E-state index contributed by atoms with van der Waals surface area (Å²) in [4.78, 5) is 23.1. The predicted molar refractivity (Wildman–Crippen MR) is 95.2 cm³/mol. The Morgan fingerprint density at radius 1 is 1.04 bits per heavy atom. The Kier molecular flexibility index (Phi) is 3.78. The van der Waals surface area contributed by atoms with E-state index < -0.39 is 0 Å². The van der Waals surface area contributed by atoms with Gasteiger partial charge in [0.15, 0.2) is 0 Å². The first-order valence-electron chi connectivity index (χ1n) is 9.94. The molecule has 7 unspecified atom stereocenters. The highest BCUT2D eigenvalue weighted by Gasteiger charge is 2.60. The molecule has 3 fully saturated rings. The van der Waals surface area contributed by atoms with Gasteiger partial charge in [0.2, 0.25) is 0 Å². The third-order valence-corrected chi connectivity index (χ3v) is 8.86. The number of allylic oxidation sites excluding steroid dienone is 2. The highest BCUT2D eigenvalue weighted by molar-refractivity contribution is 5.79. The number of hydrogen-bond acceptors (Lipinski definition) is 3. The first kappa shape index (κ1) is 16.5. The normalized spacial score (nSPS) is 50.3. The molecule has 0 N–H and O–H groups in total. The Bertz CT molecular complexity index is 597. The number of rotatable bonds is 2. The number of fused-ring (bicyclic) bond motifs is 5. The zero-order valence-corrected chi connectivity index (χ0v) is 15.4. The van der Waals surface area contributed by atoms with Crippen molar-refractivity contribution in [1.29, 1.82) is 0 Å². The minimum Gasteiger partial charge on any atom is -0.300 e. The average molecular weight is 329 g/mol. The van der Waals surface area contributed by atoms with E-state index in [1.165, 1.54) is 32.1 Å². The van der Waals surface area contributed by atoms with Gasteiger partial charge in [-0.15, -0.1) is 4.91 Å². The smallest absolute Gasteiger partial charge is 0.133 e. The second kappa shape index (κ2) is 5.51. The van der Waals surface area contributed by atoms with Gasteiger partial charge in [-0.1, -0.05) is 19.9 Å². The quantitative estimate of drug-likeness (QED) is 0.628. The van der Waals surface area contributed by atoms with Crippen LogP contribution in [0.15, 0.2) is 16.9 Å². The molecule has 4 aliphatic rings. The number of carbonyl (C=O) groups excluding carboxylic acids is 1. The van der Waals surface area contributed by atoms with Crippen LogP contribution in [0.4, 0.5) is 0 Å². The zero-order valence-electron chi connectivity index (χ0n) is 15.4. The molecule has 4 aliphatic carbocycles. The van der Waals surface area contributed by atoms with Crippen LogP contribution in [0.5, 0.6) is 0 Å². The molecule has 3 heteroatoms. The minimum absolute atomic E-state index is 0.246. The number of ketones is 1. The molecule has 24 heavy (non-hydrogen) atoms. The summed E-state index contributed by atoms with van der Waals surface area (Å²) in [6.07, 6.45) is 11.5. The molecular formula is C21H31NO2. The molecule has 3 saturated carbocycles. The van der Waals surface area contributed by atoms with Crippen LogP contribution in [0.2, 0.25) is 0 Å². The monoisotopic (exact) mass is 329 g/mol. The van der Waals surface area contributed by atoms with Crippen LogP contribution in [0.1, 0.15) is 72.1 Å². The van der Waals surface area contributed by atoms with Gasteiger partial charge in [0.05, 0.1) is 5.70 Å². The third kappa shape index (κ3) is 2.12. The number of Topliss-reactive ketones (excluding diaryl/α,β-unsaturated/α-hetero) is 1. The first-order valence-corrected chi connectivity index (χ1v) is 9.94. The Morgan fingerprint density at radius 3 is 2.50 bits per heavy atom. The molecule has 0 amide bonds. The number of nitroso groups, excluding NO2 is 1. The van der Waals surface area contributed by atoms with E-state index >= 15 is 0 Å². The molecule has 0 saturated heterocycles. The molecule has 0 heterocycles. The van der Waals surface area contributed by atoms with Gasteiger partial charge in [0, 0.05) is 5.92 Å². The van der Waals surface area contributed by atoms with Crippen LogP contribution < -0.4 is 0 Å². The second-order valence-electron chi connectivity index (χ2n) is 9.60. The Morgan fingerprint density at radius 2 is 1.79 bits per heavy atom. The van der Waals surface area contributed by atoms with Crippen LogP contribution in [-0.2, 0) is 4.79 Å². The van der Waals surface area contributed by atoms with E-state index in [9.17, 15) is 9.70 Å². The van der Waals surface area contributed by atoms with Gasteiger partial charge in [0.1, 0.15) is 5.78 Å². The standard InChI is InChI=1S/C21H31NO2/c1-13(23)17-6-7-18-16-5-4-14-12-15(22-24)8-10-20(14,2)19(16)9-11-21(17,18)3/h12,14,16-19H,4-11H2,1-3H3. The number of hydrogen-bond donors (Lipinski definition) is 0. The first-order chi connectivity index (χ1) is 11.4. The van der Waals surface area contributed by atoms with Crippen molar-refractivity contribution < 1.29 is 4.79 Å². The highest BCUT2D eigenvalue weighted by atomic mass is 16.3. The lowest BCUT2D eigenvalue weighted by Crippen LogP contribution is -2.52. The van der Waals surface area contributed by atoms with E-state index in [1.807, 2.05) is 6.92 Å². The Labute approximate surface area is 145 Å². The summed E-state index contributed by atoms with van der Waals surface area (Å²) in [5.41, 5.74) is 1.37. The van der Waals surface area contributed by atoms with Crippen molar-refractivity contribution >= 4 is 5.78 Å². The fraction of sp³-hybridized carbons (Fsp3) is 0.857. The van der Waals surface area contributed by atoms with Gasteiger partial charge in [0.25, 0.3) is 0 Å². The Balaban J connectivity index is 1.63. The predicted octanol–water partition coefficient (Wildman–Crippen LogP) is 5.49. The SMILES string of the molecule is CC(=O)C1CCC2C3CCC4C=C(N=O)CCC4(C)C3CCC12C. The summed E-state index contributed by atoms with van der Waals surface area (Å²) < 4.78 is 0. The topological polar surface area (TPSA) is 46.5 Å². The second-order valence-corrected chi connectivity index (χ2v) is 9.60. The van der Waals surface area contributed by atoms with E-state index in [-0.39, 0.29) is 5.41 Å². The lowest BCUT2D eigenvalue weighted by atomic mass is 9.45. The van der Waals surface area contributed by atoms with Gasteiger partial charge in [-0.05, 0) is 98.0 Å². The van der Waals surface area contributed by atoms with Gasteiger partial charge >= 0.3 is 0 Å². The van der Waals surface area contributed by atoms with E-state index in [0.717, 1.165) is 42.7 Å². The summed E-state index contributed by atoms with van der Waals surface area (Å²) in [5, 5.41) is 3.24. The molecule has 0 aromatic carbocycles. The highest BCUT2D eigenvalue weighted by Crippen LogP contribution is 2.67. The summed E-state index contributed by atoms with van der Waals surface area (Å²) in [6, 6.07) is 0. The van der Waals surface area contributed by atoms with Crippen LogP contribution >= 0.6 is 0 Å². The molecular weight excluding hydrogens is 298 g/mol. The maximum Gasteiger partial charge on any atom is 0.133 e. The fourth-order valence-electron chi connectivity index (χ4n) is 7.59. The summed E-state index contributed by atoms with van der Waals surface area (Å²) in [7, 11) is 0. The zero-order chi connectivity index (χ0) is 17.1. The number of nitrogens with zero attached hydrogens (tertiary/aromatic N) is 1. The summed E-state index contributed by atoms with van der Waals surface area (Å²) >= 11 is 0. The van der Waals surface area contributed by atoms with Gasteiger partial charge in [-0.3, -0.25) is 4.79 Å². The molecule has 0 spiro atoms. The molecule has 0 aromatic heterocycles. The van der Waals surface area contributed by atoms with E-state index in [4.69, 9.17) is 0 Å². The number of carbonyl (C=O) groups is 1. The molecule has 0 aromatic rings. The molecule has 7 atom stereocenters. The lowest BCUT2D eigenvalue weighted by molar-refractivity contribution is -0.130. The molecule has 132 valence electrons. The van der Waals surface area contributed by atoms with Crippen molar-refractivity contribution in [2.75, 3.05) is 0 Å². The van der Waals surface area contributed by atoms with Crippen molar-refractivity contribution in [3.63, 3.8) is 0 Å². The van der Waals surface area contributed by atoms with Crippen LogP contribution in [0, 0.1) is 45.3 Å². The van der Waals surface area contributed by atoms with Crippen LogP contribution in [0.25, 0.3) is 0 Å². The molecule has 4 rings (SSSR count). The molecule has 0 bridgehead atoms. The van der Waals surface area contributed by atoms with Crippen molar-refractivity contribution in [3.8, 4) is 0 Å². The van der Waals surface area contributed by atoms with Crippen molar-refractivity contribution in [1.82, 2.24) is 0 Å². The summed E-state index contributed by atoms with van der Waals surface area (Å²) in [6.45, 7) is 6.70. The van der Waals surface area contributed by atoms with Crippen LogP contribution in [0.3, 0.4) is 0 Å². The molecule has 3 nitrogen and oxygen atoms in total. The maximum absolute atomic E-state index is 12.2. The third-order valence-electron chi connectivity index (χ3n) is 8.86. The Hall–Kier alpha value is -0.990. The van der Waals surface area contributed by atoms with E-state index in [0.29, 0.717) is 23.0 Å². The fourth-order valence-corrected chi connectivity index (χ4v) is 7.59.